The van der Waals surface area contributed by atoms with Gasteiger partial charge in [-0.3, -0.25) is 0 Å². The fourth-order valence-corrected chi connectivity index (χ4v) is 10.5. The molecule has 6 heterocycles. The van der Waals surface area contributed by atoms with Crippen LogP contribution in [0.15, 0.2) is 92.9 Å². The van der Waals surface area contributed by atoms with Gasteiger partial charge in [0.1, 0.15) is 0 Å². The quantitative estimate of drug-likeness (QED) is 0.198. The molecule has 6 aromatic heterocycles. The molecule has 0 atom stereocenters. The molecule has 0 aliphatic rings. The van der Waals surface area contributed by atoms with Crippen molar-refractivity contribution in [3.8, 4) is 41.8 Å². The molecule has 0 unspecified atom stereocenters. The molecule has 8 rings (SSSR count). The maximum absolute atomic E-state index is 2.34. The van der Waals surface area contributed by atoms with E-state index < -0.39 is 0 Å². The molecule has 0 fully saturated rings. The highest BCUT2D eigenvalue weighted by Crippen LogP contribution is 2.56. The molecular weight excluding hydrogens is 553 g/mol. The van der Waals surface area contributed by atoms with Gasteiger partial charge in [0.25, 0.3) is 0 Å². The molecule has 0 spiro atoms. The van der Waals surface area contributed by atoms with Crippen LogP contribution in [0.1, 0.15) is 0 Å². The second-order valence-corrected chi connectivity index (χ2v) is 14.1. The van der Waals surface area contributed by atoms with Crippen molar-refractivity contribution >= 4 is 99.0 Å². The topological polar surface area (TPSA) is 0 Å². The normalized spacial score (nSPS) is 11.9. The van der Waals surface area contributed by atoms with Crippen molar-refractivity contribution in [2.75, 3.05) is 0 Å². The van der Waals surface area contributed by atoms with Crippen molar-refractivity contribution in [3.63, 3.8) is 0 Å². The monoisotopic (exact) mass is 568 g/mol. The Hall–Kier alpha value is -2.58. The number of rotatable bonds is 4. The Morgan fingerprint density at radius 3 is 1.03 bits per heavy atom. The third kappa shape index (κ3) is 3.06. The van der Waals surface area contributed by atoms with Crippen LogP contribution in [0.25, 0.3) is 72.7 Å². The van der Waals surface area contributed by atoms with Gasteiger partial charge in [0.05, 0.1) is 0 Å². The zero-order valence-electron chi connectivity index (χ0n) is 18.7. The zero-order chi connectivity index (χ0) is 23.6. The average Bonchev–Trinajstić information content (AvgIpc) is 3.73. The van der Waals surface area contributed by atoms with Gasteiger partial charge in [0.15, 0.2) is 0 Å². The maximum Gasteiger partial charge on any atom is 0.0442 e. The summed E-state index contributed by atoms with van der Waals surface area (Å²) in [5.74, 6) is 0. The van der Waals surface area contributed by atoms with E-state index in [9.17, 15) is 0 Å². The molecule has 0 amide bonds. The number of hydrogen-bond donors (Lipinski definition) is 0. The Kier molecular flexibility index (Phi) is 5.07. The first-order chi connectivity index (χ1) is 17.9. The average molecular weight is 569 g/mol. The van der Waals surface area contributed by atoms with Gasteiger partial charge in [-0.25, -0.2) is 0 Å². The molecule has 8 aromatic rings. The van der Waals surface area contributed by atoms with Gasteiger partial charge in [-0.15, -0.1) is 68.0 Å². The summed E-state index contributed by atoms with van der Waals surface area (Å²) in [6.45, 7) is 0. The molecule has 0 radical (unpaired) electrons. The van der Waals surface area contributed by atoms with E-state index in [1.807, 2.05) is 68.0 Å². The lowest BCUT2D eigenvalue weighted by atomic mass is 9.86. The summed E-state index contributed by atoms with van der Waals surface area (Å²) in [6.07, 6.45) is 0. The first-order valence-corrected chi connectivity index (χ1v) is 16.7. The first kappa shape index (κ1) is 21.5. The van der Waals surface area contributed by atoms with Gasteiger partial charge in [-0.05, 0) is 68.7 Å². The summed E-state index contributed by atoms with van der Waals surface area (Å²) in [5, 5.41) is 18.9. The highest BCUT2D eigenvalue weighted by Gasteiger charge is 2.27. The molecule has 0 N–H and O–H groups in total. The number of hydrogen-bond acceptors (Lipinski definition) is 6. The molecule has 2 aromatic carbocycles. The highest BCUT2D eigenvalue weighted by atomic mass is 32.1. The predicted octanol–water partition coefficient (Wildman–Crippen LogP) is 12.2. The van der Waals surface area contributed by atoms with Crippen LogP contribution in [0.5, 0.6) is 0 Å². The van der Waals surface area contributed by atoms with Crippen molar-refractivity contribution in [1.82, 2.24) is 0 Å². The van der Waals surface area contributed by atoms with Crippen LogP contribution in [0.2, 0.25) is 0 Å². The van der Waals surface area contributed by atoms with Crippen molar-refractivity contribution in [3.05, 3.63) is 92.9 Å². The third-order valence-electron chi connectivity index (χ3n) is 6.64. The largest absolute Gasteiger partial charge is 0.144 e. The van der Waals surface area contributed by atoms with Gasteiger partial charge in [-0.2, -0.15) is 0 Å². The van der Waals surface area contributed by atoms with E-state index in [0.29, 0.717) is 0 Å². The lowest BCUT2D eigenvalue weighted by molar-refractivity contribution is 1.83. The Balaban J connectivity index is 1.76. The minimum absolute atomic E-state index is 1.34. The maximum atomic E-state index is 2.34. The molecule has 0 aliphatic carbocycles. The molecule has 0 bridgehead atoms. The number of benzene rings is 2. The third-order valence-corrected chi connectivity index (χ3v) is 12.1. The van der Waals surface area contributed by atoms with E-state index >= 15 is 0 Å². The van der Waals surface area contributed by atoms with Gasteiger partial charge in [0, 0.05) is 72.7 Å². The number of thiophene rings is 6. The van der Waals surface area contributed by atoms with Crippen LogP contribution in [-0.4, -0.2) is 0 Å². The Morgan fingerprint density at radius 1 is 0.333 bits per heavy atom. The van der Waals surface area contributed by atoms with Gasteiger partial charge >= 0.3 is 0 Å². The minimum Gasteiger partial charge on any atom is -0.144 e. The molecule has 0 aliphatic heterocycles. The van der Waals surface area contributed by atoms with Crippen LogP contribution < -0.4 is 0 Å². The predicted molar refractivity (Wildman–Crippen MR) is 168 cm³/mol. The highest BCUT2D eigenvalue weighted by molar-refractivity contribution is 7.21. The molecule has 0 saturated carbocycles. The SMILES string of the molecule is c1csc(-c2c3ccsc3c(-c3cccs3)c3c(-c4cccs4)c4ccsc4c(-c4cccs4)c23)c1. The van der Waals surface area contributed by atoms with E-state index in [1.54, 1.807) is 0 Å². The van der Waals surface area contributed by atoms with Gasteiger partial charge in [0.2, 0.25) is 0 Å². The first-order valence-electron chi connectivity index (χ1n) is 11.5. The van der Waals surface area contributed by atoms with Crippen LogP contribution >= 0.6 is 68.0 Å². The smallest absolute Gasteiger partial charge is 0.0442 e. The van der Waals surface area contributed by atoms with Crippen LogP contribution in [-0.2, 0) is 0 Å². The van der Waals surface area contributed by atoms with Crippen LogP contribution in [0.3, 0.4) is 0 Å². The second-order valence-electron chi connectivity index (χ2n) is 8.49. The number of fused-ring (bicyclic) bond motifs is 3. The van der Waals surface area contributed by atoms with E-state index in [4.69, 9.17) is 0 Å². The summed E-state index contributed by atoms with van der Waals surface area (Å²) < 4.78 is 2.77. The van der Waals surface area contributed by atoms with E-state index in [0.717, 1.165) is 0 Å². The zero-order valence-corrected chi connectivity index (χ0v) is 23.6. The summed E-state index contributed by atoms with van der Waals surface area (Å²) >= 11 is 11.1. The standard InChI is InChI=1S/C30H16S6/c1-5-19(31-11-1)23-17-9-15-35-29(17)26(22-8-4-14-34-22)28-24(20-6-2-12-32-20)18-10-16-36-30(18)25(27(23)28)21-7-3-13-33-21/h1-16H. The summed E-state index contributed by atoms with van der Waals surface area (Å²) in [7, 11) is 0. The van der Waals surface area contributed by atoms with Crippen molar-refractivity contribution < 1.29 is 0 Å². The molecule has 6 heteroatoms. The van der Waals surface area contributed by atoms with Crippen molar-refractivity contribution in [1.29, 1.82) is 0 Å². The summed E-state index contributed by atoms with van der Waals surface area (Å²) in [4.78, 5) is 5.36. The van der Waals surface area contributed by atoms with Crippen molar-refractivity contribution in [2.24, 2.45) is 0 Å². The lowest BCUT2D eigenvalue weighted by Crippen LogP contribution is -1.92. The molecular formula is C30H16S6. The van der Waals surface area contributed by atoms with E-state index in [1.165, 1.54) is 72.7 Å². The molecule has 0 nitrogen and oxygen atoms in total. The molecule has 172 valence electrons. The van der Waals surface area contributed by atoms with E-state index in [-0.39, 0.29) is 0 Å². The van der Waals surface area contributed by atoms with Gasteiger partial charge < -0.3 is 0 Å². The Labute approximate surface area is 232 Å². The Bertz CT molecular complexity index is 1680. The minimum atomic E-state index is 1.34. The molecule has 0 saturated heterocycles. The second kappa shape index (κ2) is 8.48. The van der Waals surface area contributed by atoms with Crippen molar-refractivity contribution in [2.45, 2.75) is 0 Å². The van der Waals surface area contributed by atoms with Crippen LogP contribution in [0, 0.1) is 0 Å². The van der Waals surface area contributed by atoms with Crippen LogP contribution in [0.4, 0.5) is 0 Å². The van der Waals surface area contributed by atoms with Gasteiger partial charge in [-0.1, -0.05) is 24.3 Å². The summed E-state index contributed by atoms with van der Waals surface area (Å²) in [5.41, 5.74) is 5.54. The fraction of sp³-hybridized carbons (Fsp3) is 0. The fourth-order valence-electron chi connectivity index (χ4n) is 5.31. The molecule has 36 heavy (non-hydrogen) atoms. The Morgan fingerprint density at radius 2 is 0.694 bits per heavy atom. The summed E-state index contributed by atoms with van der Waals surface area (Å²) in [6, 6.07) is 22.6. The lowest BCUT2D eigenvalue weighted by Gasteiger charge is -2.20. The van der Waals surface area contributed by atoms with E-state index in [2.05, 4.69) is 92.9 Å².